The Hall–Kier alpha value is -4.13. The Labute approximate surface area is 171 Å². The van der Waals surface area contributed by atoms with Crippen molar-refractivity contribution in [1.29, 1.82) is 0 Å². The summed E-state index contributed by atoms with van der Waals surface area (Å²) in [4.78, 5) is 17.5. The lowest BCUT2D eigenvalue weighted by Gasteiger charge is -2.11. The minimum Gasteiger partial charge on any atom is -0.337 e. The summed E-state index contributed by atoms with van der Waals surface area (Å²) in [6.07, 6.45) is 0. The topological polar surface area (TPSA) is 72.2 Å². The van der Waals surface area contributed by atoms with Gasteiger partial charge in [-0.3, -0.25) is 9.20 Å². The van der Waals surface area contributed by atoms with E-state index in [0.29, 0.717) is 39.6 Å². The fraction of sp³-hybridized carbons (Fsp3) is 0.0435. The number of hydrogen-bond donors (Lipinski definition) is 1. The van der Waals surface area contributed by atoms with E-state index in [1.165, 1.54) is 12.1 Å². The number of halogens is 1. The van der Waals surface area contributed by atoms with Crippen molar-refractivity contribution in [3.8, 4) is 0 Å². The van der Waals surface area contributed by atoms with Crippen LogP contribution < -0.4 is 5.32 Å². The lowest BCUT2D eigenvalue weighted by atomic mass is 10.0. The molecular formula is C23H16FN5O. The molecule has 5 aromatic rings. The van der Waals surface area contributed by atoms with Crippen molar-refractivity contribution in [3.05, 3.63) is 95.6 Å². The Morgan fingerprint density at radius 2 is 1.77 bits per heavy atom. The zero-order chi connectivity index (χ0) is 20.7. The van der Waals surface area contributed by atoms with E-state index in [1.54, 1.807) is 42.5 Å². The minimum absolute atomic E-state index is 0.0710. The molecule has 0 bridgehead atoms. The molecule has 0 aliphatic rings. The van der Waals surface area contributed by atoms with Crippen LogP contribution in [0.25, 0.3) is 16.7 Å². The molecular weight excluding hydrogens is 381 g/mol. The van der Waals surface area contributed by atoms with E-state index >= 15 is 0 Å². The second kappa shape index (κ2) is 7.04. The molecule has 6 nitrogen and oxygen atoms in total. The summed E-state index contributed by atoms with van der Waals surface area (Å²) in [6, 6.07) is 20.6. The molecule has 1 N–H and O–H groups in total. The van der Waals surface area contributed by atoms with Crippen LogP contribution in [0.15, 0.2) is 72.8 Å². The number of benzene rings is 3. The molecule has 0 aliphatic heterocycles. The van der Waals surface area contributed by atoms with Crippen LogP contribution in [0.4, 0.5) is 15.9 Å². The number of fused-ring (bicyclic) bond motifs is 3. The van der Waals surface area contributed by atoms with Gasteiger partial charge in [-0.25, -0.2) is 9.37 Å². The highest BCUT2D eigenvalue weighted by Crippen LogP contribution is 2.26. The molecule has 2 heterocycles. The molecule has 146 valence electrons. The lowest BCUT2D eigenvalue weighted by Crippen LogP contribution is -2.04. The summed E-state index contributed by atoms with van der Waals surface area (Å²) in [5.41, 5.74) is 3.60. The molecule has 0 saturated heterocycles. The average molecular weight is 397 g/mol. The molecule has 0 aliphatic carbocycles. The van der Waals surface area contributed by atoms with Gasteiger partial charge in [0.05, 0.1) is 11.0 Å². The predicted octanol–water partition coefficient (Wildman–Crippen LogP) is 4.70. The third kappa shape index (κ3) is 3.06. The highest BCUT2D eigenvalue weighted by Gasteiger charge is 2.16. The number of ketones is 1. The van der Waals surface area contributed by atoms with Crippen molar-refractivity contribution >= 4 is 34.0 Å². The summed E-state index contributed by atoms with van der Waals surface area (Å²) < 4.78 is 15.4. The van der Waals surface area contributed by atoms with Gasteiger partial charge in [-0.15, -0.1) is 10.2 Å². The highest BCUT2D eigenvalue weighted by atomic mass is 19.1. The van der Waals surface area contributed by atoms with Crippen LogP contribution in [0.5, 0.6) is 0 Å². The van der Waals surface area contributed by atoms with Crippen molar-refractivity contribution in [2.45, 2.75) is 6.92 Å². The van der Waals surface area contributed by atoms with E-state index < -0.39 is 0 Å². The largest absolute Gasteiger partial charge is 0.337 e. The first kappa shape index (κ1) is 17.9. The van der Waals surface area contributed by atoms with E-state index in [0.717, 1.165) is 5.52 Å². The quantitative estimate of drug-likeness (QED) is 0.445. The summed E-state index contributed by atoms with van der Waals surface area (Å²) in [6.45, 7) is 1.83. The van der Waals surface area contributed by atoms with Gasteiger partial charge in [-0.05, 0) is 43.3 Å². The lowest BCUT2D eigenvalue weighted by molar-refractivity contribution is 0.103. The fourth-order valence-electron chi connectivity index (χ4n) is 3.46. The molecule has 0 atom stereocenters. The number of hydrogen-bond acceptors (Lipinski definition) is 5. The van der Waals surface area contributed by atoms with E-state index in [2.05, 4.69) is 20.5 Å². The monoisotopic (exact) mass is 397 g/mol. The molecule has 30 heavy (non-hydrogen) atoms. The van der Waals surface area contributed by atoms with Crippen molar-refractivity contribution in [2.75, 3.05) is 5.32 Å². The third-order valence-electron chi connectivity index (χ3n) is 4.87. The first-order valence-electron chi connectivity index (χ1n) is 9.38. The van der Waals surface area contributed by atoms with Crippen molar-refractivity contribution in [1.82, 2.24) is 19.6 Å². The Morgan fingerprint density at radius 1 is 0.933 bits per heavy atom. The zero-order valence-corrected chi connectivity index (χ0v) is 16.0. The number of nitrogens with zero attached hydrogens (tertiary/aromatic N) is 4. The summed E-state index contributed by atoms with van der Waals surface area (Å²) in [5.74, 6) is 0.691. The van der Waals surface area contributed by atoms with Crippen LogP contribution in [0.3, 0.4) is 0 Å². The van der Waals surface area contributed by atoms with Gasteiger partial charge in [0.25, 0.3) is 0 Å². The van der Waals surface area contributed by atoms with Gasteiger partial charge in [0, 0.05) is 16.8 Å². The van der Waals surface area contributed by atoms with Crippen LogP contribution >= 0.6 is 0 Å². The number of nitrogens with one attached hydrogen (secondary N) is 1. The first-order valence-corrected chi connectivity index (χ1v) is 9.38. The normalized spacial score (nSPS) is 11.1. The van der Waals surface area contributed by atoms with Crippen molar-refractivity contribution in [2.24, 2.45) is 0 Å². The number of rotatable bonds is 4. The first-order chi connectivity index (χ1) is 14.6. The van der Waals surface area contributed by atoms with Gasteiger partial charge < -0.3 is 5.32 Å². The van der Waals surface area contributed by atoms with Gasteiger partial charge in [0.2, 0.25) is 5.65 Å². The van der Waals surface area contributed by atoms with Gasteiger partial charge in [-0.2, -0.15) is 0 Å². The predicted molar refractivity (Wildman–Crippen MR) is 113 cm³/mol. The van der Waals surface area contributed by atoms with Crippen LogP contribution in [-0.2, 0) is 0 Å². The number of anilines is 2. The Bertz CT molecular complexity index is 1410. The molecule has 0 saturated carbocycles. The van der Waals surface area contributed by atoms with E-state index in [4.69, 9.17) is 0 Å². The second-order valence-corrected chi connectivity index (χ2v) is 6.90. The number of aryl methyl sites for hydroxylation is 1. The molecule has 0 fully saturated rings. The maximum atomic E-state index is 13.6. The van der Waals surface area contributed by atoms with E-state index in [1.807, 2.05) is 29.5 Å². The molecule has 0 radical (unpaired) electrons. The van der Waals surface area contributed by atoms with Gasteiger partial charge in [0.1, 0.15) is 11.6 Å². The van der Waals surface area contributed by atoms with Crippen LogP contribution in [0.2, 0.25) is 0 Å². The zero-order valence-electron chi connectivity index (χ0n) is 16.0. The maximum Gasteiger partial charge on any atom is 0.204 e. The Balaban J connectivity index is 1.66. The summed E-state index contributed by atoms with van der Waals surface area (Å²) >= 11 is 0. The van der Waals surface area contributed by atoms with Gasteiger partial charge in [-0.1, -0.05) is 36.4 Å². The standard InChI is InChI=1S/C23H16FN5O/c1-14-27-28-23-22(25-18-9-5-8-17(24)13-18)26-19-11-10-16(12-20(19)29(14)23)21(30)15-6-3-2-4-7-15/h2-13H,1H3,(H,25,26). The number of carbonyl (C=O) groups excluding carboxylic acids is 1. The molecule has 3 aromatic carbocycles. The highest BCUT2D eigenvalue weighted by molar-refractivity contribution is 6.10. The SMILES string of the molecule is Cc1nnc2c(Nc3cccc(F)c3)nc3ccc(C(=O)c4ccccc4)cc3n12. The Kier molecular flexibility index (Phi) is 4.21. The molecule has 0 amide bonds. The molecule has 0 spiro atoms. The maximum absolute atomic E-state index is 13.6. The smallest absolute Gasteiger partial charge is 0.204 e. The van der Waals surface area contributed by atoms with Crippen LogP contribution in [-0.4, -0.2) is 25.4 Å². The van der Waals surface area contributed by atoms with Crippen LogP contribution in [0, 0.1) is 12.7 Å². The molecule has 2 aromatic heterocycles. The Morgan fingerprint density at radius 3 is 2.57 bits per heavy atom. The summed E-state index contributed by atoms with van der Waals surface area (Å²) in [5, 5.41) is 11.5. The summed E-state index contributed by atoms with van der Waals surface area (Å²) in [7, 11) is 0. The van der Waals surface area contributed by atoms with E-state index in [-0.39, 0.29) is 11.6 Å². The van der Waals surface area contributed by atoms with Crippen LogP contribution in [0.1, 0.15) is 21.7 Å². The van der Waals surface area contributed by atoms with Crippen molar-refractivity contribution < 1.29 is 9.18 Å². The second-order valence-electron chi connectivity index (χ2n) is 6.90. The van der Waals surface area contributed by atoms with Crippen molar-refractivity contribution in [3.63, 3.8) is 0 Å². The number of aromatic nitrogens is 4. The van der Waals surface area contributed by atoms with Gasteiger partial charge in [0.15, 0.2) is 11.6 Å². The third-order valence-corrected chi connectivity index (χ3v) is 4.87. The van der Waals surface area contributed by atoms with Gasteiger partial charge >= 0.3 is 0 Å². The molecule has 0 unspecified atom stereocenters. The molecule has 5 rings (SSSR count). The fourth-order valence-corrected chi connectivity index (χ4v) is 3.46. The minimum atomic E-state index is -0.349. The van der Waals surface area contributed by atoms with E-state index in [9.17, 15) is 9.18 Å². The molecule has 7 heteroatoms. The average Bonchev–Trinajstić information content (AvgIpc) is 3.16. The number of carbonyl (C=O) groups is 1.